The minimum Gasteiger partial charge on any atom is -0.353 e. The highest BCUT2D eigenvalue weighted by Crippen LogP contribution is 2.22. The predicted octanol–water partition coefficient (Wildman–Crippen LogP) is 2.89. The van der Waals surface area contributed by atoms with Crippen molar-refractivity contribution in [2.24, 2.45) is 0 Å². The van der Waals surface area contributed by atoms with Gasteiger partial charge in [-0.2, -0.15) is 9.97 Å². The van der Waals surface area contributed by atoms with E-state index in [1.54, 1.807) is 4.40 Å². The first-order valence-corrected chi connectivity index (χ1v) is 10.0. The summed E-state index contributed by atoms with van der Waals surface area (Å²) in [5.41, 5.74) is 0.758. The molecule has 0 atom stereocenters. The lowest BCUT2D eigenvalue weighted by atomic mass is 10.3. The normalized spacial score (nSPS) is 11.2. The number of nitrogens with one attached hydrogen (secondary N) is 3. The van der Waals surface area contributed by atoms with Crippen molar-refractivity contribution in [3.05, 3.63) is 30.3 Å². The van der Waals surface area contributed by atoms with Crippen LogP contribution in [0.5, 0.6) is 0 Å². The number of benzene rings is 1. The van der Waals surface area contributed by atoms with Crippen molar-refractivity contribution < 1.29 is 4.79 Å². The van der Waals surface area contributed by atoms with Gasteiger partial charge in [0, 0.05) is 17.8 Å². The van der Waals surface area contributed by atoms with E-state index < -0.39 is 0 Å². The fraction of sp³-hybridized carbons (Fsp3) is 0.389. The second-order valence-electron chi connectivity index (χ2n) is 6.79. The summed E-state index contributed by atoms with van der Waals surface area (Å²) in [5, 5.41) is 18.2. The highest BCUT2D eigenvalue weighted by Gasteiger charge is 2.17. The summed E-state index contributed by atoms with van der Waals surface area (Å²) in [6.07, 6.45) is 0. The molecule has 0 unspecified atom stereocenters. The maximum absolute atomic E-state index is 12.2. The zero-order chi connectivity index (χ0) is 20.1. The smallest absolute Gasteiger partial charge is 0.261 e. The van der Waals surface area contributed by atoms with Gasteiger partial charge < -0.3 is 16.0 Å². The molecule has 1 amide bonds. The Hall–Kier alpha value is -2.88. The van der Waals surface area contributed by atoms with Crippen molar-refractivity contribution in [1.29, 1.82) is 0 Å². The molecular weight excluding hydrogens is 376 g/mol. The molecule has 2 aromatic heterocycles. The van der Waals surface area contributed by atoms with Crippen molar-refractivity contribution in [2.45, 2.75) is 44.9 Å². The summed E-state index contributed by atoms with van der Waals surface area (Å²) >= 11 is 1.28. The molecule has 28 heavy (non-hydrogen) atoms. The van der Waals surface area contributed by atoms with Gasteiger partial charge in [-0.05, 0) is 39.8 Å². The molecule has 0 fully saturated rings. The van der Waals surface area contributed by atoms with Crippen molar-refractivity contribution in [3.8, 4) is 0 Å². The monoisotopic (exact) mass is 400 g/mol. The van der Waals surface area contributed by atoms with Crippen molar-refractivity contribution in [2.75, 3.05) is 21.7 Å². The zero-order valence-electron chi connectivity index (χ0n) is 16.3. The largest absolute Gasteiger partial charge is 0.353 e. The summed E-state index contributed by atoms with van der Waals surface area (Å²) in [6.45, 7) is 8.07. The number of aromatic nitrogens is 5. The van der Waals surface area contributed by atoms with Gasteiger partial charge in [0.15, 0.2) is 5.16 Å². The zero-order valence-corrected chi connectivity index (χ0v) is 17.1. The molecule has 3 rings (SSSR count). The van der Waals surface area contributed by atoms with Crippen molar-refractivity contribution in [1.82, 2.24) is 24.6 Å². The number of rotatable bonds is 8. The molecule has 0 aliphatic rings. The van der Waals surface area contributed by atoms with Crippen LogP contribution in [0.1, 0.15) is 27.7 Å². The van der Waals surface area contributed by atoms with Crippen LogP contribution in [0.4, 0.5) is 17.6 Å². The van der Waals surface area contributed by atoms with E-state index in [1.807, 2.05) is 58.0 Å². The molecule has 1 aromatic carbocycles. The van der Waals surface area contributed by atoms with Crippen molar-refractivity contribution in [3.63, 3.8) is 0 Å². The minimum atomic E-state index is -0.120. The molecule has 0 saturated carbocycles. The van der Waals surface area contributed by atoms with E-state index in [-0.39, 0.29) is 23.7 Å². The average molecular weight is 401 g/mol. The third kappa shape index (κ3) is 5.10. The first kappa shape index (κ1) is 19.9. The van der Waals surface area contributed by atoms with Crippen LogP contribution in [0, 0.1) is 0 Å². The molecule has 0 spiro atoms. The molecule has 9 nitrogen and oxygen atoms in total. The van der Waals surface area contributed by atoms with E-state index in [4.69, 9.17) is 0 Å². The SMILES string of the molecule is CC(C)Nc1nc(NC(C)C)n2c(SCC(=O)Nc3ccccc3)nnc2n1. The van der Waals surface area contributed by atoms with E-state index in [1.165, 1.54) is 11.8 Å². The summed E-state index contributed by atoms with van der Waals surface area (Å²) in [7, 11) is 0. The number of thioether (sulfide) groups is 1. The van der Waals surface area contributed by atoms with Crippen LogP contribution in [-0.4, -0.2) is 48.3 Å². The van der Waals surface area contributed by atoms with E-state index >= 15 is 0 Å². The van der Waals surface area contributed by atoms with Crippen LogP contribution >= 0.6 is 11.8 Å². The topological polar surface area (TPSA) is 109 Å². The van der Waals surface area contributed by atoms with E-state index in [2.05, 4.69) is 36.1 Å². The lowest BCUT2D eigenvalue weighted by Crippen LogP contribution is -2.19. The van der Waals surface area contributed by atoms with Crippen LogP contribution in [0.3, 0.4) is 0 Å². The second-order valence-corrected chi connectivity index (χ2v) is 7.73. The maximum Gasteiger partial charge on any atom is 0.261 e. The average Bonchev–Trinajstić information content (AvgIpc) is 3.03. The molecule has 10 heteroatoms. The Morgan fingerprint density at radius 3 is 2.43 bits per heavy atom. The van der Waals surface area contributed by atoms with Crippen LogP contribution in [0.15, 0.2) is 35.5 Å². The van der Waals surface area contributed by atoms with Crippen LogP contribution in [0.2, 0.25) is 0 Å². The first-order chi connectivity index (χ1) is 13.4. The number of carbonyl (C=O) groups is 1. The molecule has 148 valence electrons. The maximum atomic E-state index is 12.2. The number of carbonyl (C=O) groups excluding carboxylic acids is 1. The fourth-order valence-electron chi connectivity index (χ4n) is 2.41. The molecule has 0 saturated heterocycles. The third-order valence-electron chi connectivity index (χ3n) is 3.47. The van der Waals surface area contributed by atoms with E-state index in [0.717, 1.165) is 5.69 Å². The Morgan fingerprint density at radius 1 is 1.04 bits per heavy atom. The number of hydrogen-bond donors (Lipinski definition) is 3. The van der Waals surface area contributed by atoms with Crippen LogP contribution < -0.4 is 16.0 Å². The number of fused-ring (bicyclic) bond motifs is 1. The highest BCUT2D eigenvalue weighted by atomic mass is 32.2. The number of nitrogens with zero attached hydrogens (tertiary/aromatic N) is 5. The van der Waals surface area contributed by atoms with E-state index in [9.17, 15) is 4.79 Å². The number of hydrogen-bond acceptors (Lipinski definition) is 8. The van der Waals surface area contributed by atoms with Gasteiger partial charge in [0.1, 0.15) is 0 Å². The molecule has 3 N–H and O–H groups in total. The van der Waals surface area contributed by atoms with Gasteiger partial charge in [-0.15, -0.1) is 10.2 Å². The quantitative estimate of drug-likeness (QED) is 0.495. The van der Waals surface area contributed by atoms with Gasteiger partial charge in [0.25, 0.3) is 5.78 Å². The number of amides is 1. The summed E-state index contributed by atoms with van der Waals surface area (Å²) < 4.78 is 1.73. The molecule has 0 bridgehead atoms. The van der Waals surface area contributed by atoms with Gasteiger partial charge in [-0.3, -0.25) is 4.79 Å². The van der Waals surface area contributed by atoms with Gasteiger partial charge in [0.05, 0.1) is 5.75 Å². The Kier molecular flexibility index (Phi) is 6.30. The molecule has 2 heterocycles. The van der Waals surface area contributed by atoms with Gasteiger partial charge in [0.2, 0.25) is 17.8 Å². The van der Waals surface area contributed by atoms with Crippen LogP contribution in [-0.2, 0) is 4.79 Å². The fourth-order valence-corrected chi connectivity index (χ4v) is 3.14. The highest BCUT2D eigenvalue weighted by molar-refractivity contribution is 7.99. The minimum absolute atomic E-state index is 0.120. The van der Waals surface area contributed by atoms with E-state index in [0.29, 0.717) is 22.8 Å². The first-order valence-electron chi connectivity index (χ1n) is 9.06. The second kappa shape index (κ2) is 8.87. The summed E-state index contributed by atoms with van der Waals surface area (Å²) in [4.78, 5) is 21.2. The van der Waals surface area contributed by atoms with Gasteiger partial charge in [-0.1, -0.05) is 30.0 Å². The third-order valence-corrected chi connectivity index (χ3v) is 4.40. The number of anilines is 3. The lowest BCUT2D eigenvalue weighted by molar-refractivity contribution is -0.113. The van der Waals surface area contributed by atoms with Crippen molar-refractivity contribution >= 4 is 41.0 Å². The Balaban J connectivity index is 1.80. The molecule has 0 radical (unpaired) electrons. The Bertz CT molecular complexity index is 941. The van der Waals surface area contributed by atoms with Gasteiger partial charge >= 0.3 is 0 Å². The Labute approximate surface area is 167 Å². The number of para-hydroxylation sites is 1. The Morgan fingerprint density at radius 2 is 1.75 bits per heavy atom. The molecule has 3 aromatic rings. The molecule has 0 aliphatic carbocycles. The predicted molar refractivity (Wildman–Crippen MR) is 112 cm³/mol. The lowest BCUT2D eigenvalue weighted by Gasteiger charge is -2.14. The molecular formula is C18H24N8OS. The standard InChI is InChI=1S/C18H24N8OS/c1-11(2)19-15-22-16(20-12(3)4)26-17(23-15)24-25-18(26)28-10-14(27)21-13-8-6-5-7-9-13/h5-9,11-12H,10H2,1-4H3,(H,21,27)(H2,19,20,22,23,24). The van der Waals surface area contributed by atoms with Gasteiger partial charge in [-0.25, -0.2) is 4.40 Å². The summed E-state index contributed by atoms with van der Waals surface area (Å²) in [5.74, 6) is 1.57. The molecule has 0 aliphatic heterocycles. The summed E-state index contributed by atoms with van der Waals surface area (Å²) in [6, 6.07) is 9.68. The van der Waals surface area contributed by atoms with Crippen LogP contribution in [0.25, 0.3) is 5.78 Å².